The van der Waals surface area contributed by atoms with E-state index < -0.39 is 41.3 Å². The van der Waals surface area contributed by atoms with Gasteiger partial charge in [-0.25, -0.2) is 0 Å². The molecule has 2 rings (SSSR count). The number of benzene rings is 1. The number of aliphatic carboxylic acids is 1. The molecule has 0 spiro atoms. The Labute approximate surface area is 125 Å². The summed E-state index contributed by atoms with van der Waals surface area (Å²) >= 11 is 0. The van der Waals surface area contributed by atoms with Gasteiger partial charge in [0.05, 0.1) is 6.07 Å². The summed E-state index contributed by atoms with van der Waals surface area (Å²) < 4.78 is 0. The summed E-state index contributed by atoms with van der Waals surface area (Å²) in [6, 6.07) is 7.96. The van der Waals surface area contributed by atoms with E-state index >= 15 is 0 Å². The Morgan fingerprint density at radius 2 is 2.00 bits per heavy atom. The fraction of sp³-hybridized carbons (Fsp3) is 0.267. The van der Waals surface area contributed by atoms with Gasteiger partial charge in [0.25, 0.3) is 0 Å². The van der Waals surface area contributed by atoms with Crippen LogP contribution in [0.2, 0.25) is 0 Å². The van der Waals surface area contributed by atoms with Gasteiger partial charge in [-0.05, 0) is 12.5 Å². The lowest BCUT2D eigenvalue weighted by Crippen LogP contribution is -2.52. The average molecular weight is 300 g/mol. The molecule has 7 nitrogen and oxygen atoms in total. The van der Waals surface area contributed by atoms with Gasteiger partial charge in [-0.3, -0.25) is 19.2 Å². The molecule has 1 unspecified atom stereocenters. The molecule has 0 aromatic heterocycles. The second kappa shape index (κ2) is 5.41. The highest BCUT2D eigenvalue weighted by atomic mass is 16.4. The smallest absolute Gasteiger partial charge is 0.322 e. The molecule has 0 aliphatic heterocycles. The van der Waals surface area contributed by atoms with Crippen molar-refractivity contribution < 1.29 is 24.3 Å². The fourth-order valence-electron chi connectivity index (χ4n) is 2.45. The van der Waals surface area contributed by atoms with Crippen molar-refractivity contribution in [2.75, 3.05) is 6.54 Å². The Bertz CT molecular complexity index is 734. The fourth-order valence-corrected chi connectivity index (χ4v) is 2.45. The van der Waals surface area contributed by atoms with Crippen LogP contribution < -0.4 is 5.32 Å². The molecule has 0 saturated heterocycles. The Hall–Kier alpha value is -3.01. The van der Waals surface area contributed by atoms with Gasteiger partial charge < -0.3 is 10.4 Å². The molecule has 0 heterocycles. The number of ketones is 2. The lowest BCUT2D eigenvalue weighted by Gasteiger charge is -2.31. The highest BCUT2D eigenvalue weighted by Gasteiger charge is 2.52. The molecule has 1 aromatic carbocycles. The molecular weight excluding hydrogens is 288 g/mol. The first-order valence-corrected chi connectivity index (χ1v) is 6.41. The maximum Gasteiger partial charge on any atom is 0.322 e. The minimum atomic E-state index is -1.71. The molecule has 1 aliphatic rings. The van der Waals surface area contributed by atoms with Crippen LogP contribution in [0, 0.1) is 17.2 Å². The molecule has 1 aromatic rings. The van der Waals surface area contributed by atoms with Gasteiger partial charge in [0.2, 0.25) is 5.91 Å². The Kier molecular flexibility index (Phi) is 3.78. The first-order chi connectivity index (χ1) is 10.3. The summed E-state index contributed by atoms with van der Waals surface area (Å²) in [4.78, 5) is 47.4. The van der Waals surface area contributed by atoms with Gasteiger partial charge >= 0.3 is 5.97 Å². The Balaban J connectivity index is 2.49. The third kappa shape index (κ3) is 2.24. The van der Waals surface area contributed by atoms with Gasteiger partial charge in [0.1, 0.15) is 12.0 Å². The van der Waals surface area contributed by atoms with E-state index in [2.05, 4.69) is 0 Å². The van der Waals surface area contributed by atoms with Gasteiger partial charge in [0, 0.05) is 5.56 Å². The van der Waals surface area contributed by atoms with Crippen molar-refractivity contribution in [3.8, 4) is 6.07 Å². The van der Waals surface area contributed by atoms with E-state index in [0.717, 1.165) is 0 Å². The van der Waals surface area contributed by atoms with Crippen molar-refractivity contribution in [1.82, 2.24) is 5.32 Å². The van der Waals surface area contributed by atoms with E-state index in [0.29, 0.717) is 0 Å². The average Bonchev–Trinajstić information content (AvgIpc) is 2.51. The third-order valence-corrected chi connectivity index (χ3v) is 3.65. The molecule has 0 radical (unpaired) electrons. The van der Waals surface area contributed by atoms with Crippen LogP contribution in [0.1, 0.15) is 22.8 Å². The number of carboxylic acid groups (broad SMARTS) is 1. The quantitative estimate of drug-likeness (QED) is 0.760. The van der Waals surface area contributed by atoms with Gasteiger partial charge in [-0.1, -0.05) is 24.3 Å². The van der Waals surface area contributed by atoms with Crippen LogP contribution in [0.15, 0.2) is 24.3 Å². The van der Waals surface area contributed by atoms with Crippen molar-refractivity contribution in [2.24, 2.45) is 5.92 Å². The van der Waals surface area contributed by atoms with Crippen molar-refractivity contribution in [2.45, 2.75) is 12.3 Å². The van der Waals surface area contributed by atoms with Crippen molar-refractivity contribution in [3.63, 3.8) is 0 Å². The van der Waals surface area contributed by atoms with Crippen LogP contribution in [-0.4, -0.2) is 35.1 Å². The summed E-state index contributed by atoms with van der Waals surface area (Å²) in [5.74, 6) is -5.59. The number of rotatable bonds is 3. The molecule has 0 fully saturated rings. The van der Waals surface area contributed by atoms with E-state index in [4.69, 9.17) is 5.11 Å². The topological polar surface area (TPSA) is 124 Å². The summed E-state index contributed by atoms with van der Waals surface area (Å²) in [5, 5.41) is 19.9. The zero-order valence-corrected chi connectivity index (χ0v) is 11.6. The van der Waals surface area contributed by atoms with Gasteiger partial charge in [0.15, 0.2) is 17.5 Å². The normalized spacial score (nSPS) is 23.4. The third-order valence-electron chi connectivity index (χ3n) is 3.65. The van der Waals surface area contributed by atoms with Crippen LogP contribution >= 0.6 is 0 Å². The summed E-state index contributed by atoms with van der Waals surface area (Å²) in [7, 11) is 0. The monoisotopic (exact) mass is 300 g/mol. The van der Waals surface area contributed by atoms with E-state index in [9.17, 15) is 24.4 Å². The second-order valence-corrected chi connectivity index (χ2v) is 5.06. The zero-order chi connectivity index (χ0) is 16.5. The molecule has 0 bridgehead atoms. The minimum Gasteiger partial charge on any atom is -0.480 e. The molecule has 2 atom stereocenters. The Morgan fingerprint density at radius 1 is 1.36 bits per heavy atom. The lowest BCUT2D eigenvalue weighted by atomic mass is 9.66. The predicted octanol–water partition coefficient (Wildman–Crippen LogP) is 0.0503. The molecule has 1 aliphatic carbocycles. The second-order valence-electron chi connectivity index (χ2n) is 5.06. The number of carbonyl (C=O) groups excluding carboxylic acids is 3. The van der Waals surface area contributed by atoms with Crippen LogP contribution in [0.5, 0.6) is 0 Å². The van der Waals surface area contributed by atoms with Gasteiger partial charge in [-0.2, -0.15) is 5.26 Å². The number of Topliss-reactive ketones (excluding diaryl/α,β-unsaturated/α-hetero) is 2. The zero-order valence-electron chi connectivity index (χ0n) is 11.6. The number of amides is 1. The highest BCUT2D eigenvalue weighted by molar-refractivity contribution is 6.29. The maximum absolute atomic E-state index is 12.5. The number of hydrogen-bond donors (Lipinski definition) is 2. The molecule has 2 N–H and O–H groups in total. The van der Waals surface area contributed by atoms with E-state index in [1.807, 2.05) is 11.4 Å². The van der Waals surface area contributed by atoms with Crippen molar-refractivity contribution >= 4 is 23.4 Å². The highest BCUT2D eigenvalue weighted by Crippen LogP contribution is 2.36. The number of nitriles is 1. The van der Waals surface area contributed by atoms with E-state index in [1.54, 1.807) is 12.1 Å². The number of fused-ring (bicyclic) bond motifs is 1. The number of nitrogens with zero attached hydrogens (tertiary/aromatic N) is 1. The first-order valence-electron chi connectivity index (χ1n) is 6.41. The van der Waals surface area contributed by atoms with Crippen LogP contribution in [0.25, 0.3) is 0 Å². The van der Waals surface area contributed by atoms with Crippen LogP contribution in [-0.2, 0) is 19.8 Å². The summed E-state index contributed by atoms with van der Waals surface area (Å²) in [6.07, 6.45) is 0. The SMILES string of the molecule is C[C@@]1(C#N)C(=O)C(C(=O)NCC(=O)O)C(=O)c2ccccc21. The van der Waals surface area contributed by atoms with Crippen molar-refractivity contribution in [1.29, 1.82) is 5.26 Å². The summed E-state index contributed by atoms with van der Waals surface area (Å²) in [6.45, 7) is 0.638. The Morgan fingerprint density at radius 3 is 2.59 bits per heavy atom. The lowest BCUT2D eigenvalue weighted by molar-refractivity contribution is -0.140. The largest absolute Gasteiger partial charge is 0.480 e. The maximum atomic E-state index is 12.5. The van der Waals surface area contributed by atoms with E-state index in [1.165, 1.54) is 19.1 Å². The van der Waals surface area contributed by atoms with Gasteiger partial charge in [-0.15, -0.1) is 0 Å². The molecule has 0 saturated carbocycles. The summed E-state index contributed by atoms with van der Waals surface area (Å²) in [5.41, 5.74) is -1.24. The van der Waals surface area contributed by atoms with Crippen LogP contribution in [0.4, 0.5) is 0 Å². The molecule has 1 amide bonds. The molecule has 22 heavy (non-hydrogen) atoms. The van der Waals surface area contributed by atoms with Crippen molar-refractivity contribution in [3.05, 3.63) is 35.4 Å². The number of nitrogens with one attached hydrogen (secondary N) is 1. The predicted molar refractivity (Wildman–Crippen MR) is 72.9 cm³/mol. The molecule has 112 valence electrons. The standard InChI is InChI=1S/C15H12N2O5/c1-15(7-16)9-5-3-2-4-8(9)12(20)11(13(15)21)14(22)17-6-10(18)19/h2-5,11H,6H2,1H3,(H,17,22)(H,18,19)/t11?,15-/m0/s1. The minimum absolute atomic E-state index is 0.127. The number of carbonyl (C=O) groups is 4. The van der Waals surface area contributed by atoms with Crippen LogP contribution in [0.3, 0.4) is 0 Å². The molecule has 7 heteroatoms. The first kappa shape index (κ1) is 15.4. The molecular formula is C15H12N2O5. The number of carboxylic acids is 1. The number of hydrogen-bond acceptors (Lipinski definition) is 5. The van der Waals surface area contributed by atoms with E-state index in [-0.39, 0.29) is 11.1 Å².